The summed E-state index contributed by atoms with van der Waals surface area (Å²) in [5.41, 5.74) is 0.757. The maximum atomic E-state index is 13.8. The number of anilines is 1. The molecule has 7 nitrogen and oxygen atoms in total. The molecule has 0 aliphatic rings. The monoisotopic (exact) mass is 595 g/mol. The Kier molecular flexibility index (Phi) is 10.1. The van der Waals surface area contributed by atoms with Gasteiger partial charge in [0.25, 0.3) is 10.0 Å². The lowest BCUT2D eigenvalue weighted by Gasteiger charge is -2.32. The summed E-state index contributed by atoms with van der Waals surface area (Å²) in [7, 11) is -4.19. The lowest BCUT2D eigenvalue weighted by molar-refractivity contribution is -0.139. The zero-order chi connectivity index (χ0) is 28.0. The number of amides is 2. The summed E-state index contributed by atoms with van der Waals surface area (Å²) >= 11 is 18.6. The minimum absolute atomic E-state index is 0.00523. The molecular formula is C27H28Cl3N3O4S. The molecule has 3 aromatic rings. The molecule has 1 N–H and O–H groups in total. The first-order valence-corrected chi connectivity index (χ1v) is 14.3. The van der Waals surface area contributed by atoms with E-state index in [1.54, 1.807) is 75.4 Å². The third kappa shape index (κ3) is 7.20. The van der Waals surface area contributed by atoms with Crippen LogP contribution in [0.3, 0.4) is 0 Å². The second kappa shape index (κ2) is 12.8. The van der Waals surface area contributed by atoms with Crippen LogP contribution in [0.5, 0.6) is 0 Å². The number of benzene rings is 3. The van der Waals surface area contributed by atoms with E-state index in [1.165, 1.54) is 23.1 Å². The summed E-state index contributed by atoms with van der Waals surface area (Å²) in [5.74, 6) is -0.995. The number of hydrogen-bond donors (Lipinski definition) is 1. The van der Waals surface area contributed by atoms with Crippen LogP contribution in [0.1, 0.15) is 26.3 Å². The van der Waals surface area contributed by atoms with E-state index in [0.717, 1.165) is 4.31 Å². The Morgan fingerprint density at radius 3 is 2.08 bits per heavy atom. The fourth-order valence-electron chi connectivity index (χ4n) is 3.71. The molecule has 0 saturated heterocycles. The van der Waals surface area contributed by atoms with Gasteiger partial charge in [-0.2, -0.15) is 0 Å². The Labute approximate surface area is 238 Å². The highest BCUT2D eigenvalue weighted by Gasteiger charge is 2.33. The largest absolute Gasteiger partial charge is 0.352 e. The molecule has 202 valence electrons. The summed E-state index contributed by atoms with van der Waals surface area (Å²) < 4.78 is 28.4. The van der Waals surface area contributed by atoms with Crippen LogP contribution in [-0.2, 0) is 26.2 Å². The lowest BCUT2D eigenvalue weighted by atomic mass is 10.1. The lowest BCUT2D eigenvalue weighted by Crippen LogP contribution is -2.52. The van der Waals surface area contributed by atoms with Crippen molar-refractivity contribution in [3.8, 4) is 0 Å². The first-order chi connectivity index (χ1) is 17.9. The third-order valence-corrected chi connectivity index (χ3v) is 8.50. The van der Waals surface area contributed by atoms with Gasteiger partial charge in [0, 0.05) is 12.6 Å². The van der Waals surface area contributed by atoms with Crippen molar-refractivity contribution in [1.29, 1.82) is 0 Å². The topological polar surface area (TPSA) is 86.8 Å². The molecule has 2 amide bonds. The molecule has 0 bridgehead atoms. The highest BCUT2D eigenvalue weighted by Crippen LogP contribution is 2.31. The van der Waals surface area contributed by atoms with E-state index in [0.29, 0.717) is 15.6 Å². The summed E-state index contributed by atoms with van der Waals surface area (Å²) in [6.45, 7) is 4.59. The molecule has 0 aliphatic heterocycles. The summed E-state index contributed by atoms with van der Waals surface area (Å²) in [5, 5.41) is 3.59. The predicted octanol–water partition coefficient (Wildman–Crippen LogP) is 5.78. The Hall–Kier alpha value is -2.78. The third-order valence-electron chi connectivity index (χ3n) is 5.67. The molecule has 0 aromatic heterocycles. The van der Waals surface area contributed by atoms with Gasteiger partial charge < -0.3 is 10.2 Å². The van der Waals surface area contributed by atoms with Crippen LogP contribution in [0, 0.1) is 0 Å². The molecular weight excluding hydrogens is 569 g/mol. The van der Waals surface area contributed by atoms with E-state index in [2.05, 4.69) is 5.32 Å². The SMILES string of the molecule is CC(C)NC(=O)[C@@H](C)N(Cc1ccc(Cl)c(Cl)c1)C(=O)CN(c1ccccc1Cl)S(=O)(=O)c1ccccc1. The van der Waals surface area contributed by atoms with Gasteiger partial charge in [-0.15, -0.1) is 0 Å². The maximum Gasteiger partial charge on any atom is 0.264 e. The van der Waals surface area contributed by atoms with Gasteiger partial charge in [0.1, 0.15) is 12.6 Å². The predicted molar refractivity (Wildman–Crippen MR) is 152 cm³/mol. The number of nitrogens with one attached hydrogen (secondary N) is 1. The molecule has 3 aromatic carbocycles. The van der Waals surface area contributed by atoms with Gasteiger partial charge >= 0.3 is 0 Å². The Bertz CT molecular complexity index is 1400. The van der Waals surface area contributed by atoms with Gasteiger partial charge in [-0.05, 0) is 62.7 Å². The standard InChI is InChI=1S/C27H28Cl3N3O4S/c1-18(2)31-27(35)19(3)32(16-20-13-14-22(28)24(30)15-20)26(34)17-33(25-12-8-7-11-23(25)29)38(36,37)21-9-5-4-6-10-21/h4-15,18-19H,16-17H2,1-3H3,(H,31,35)/t19-/m1/s1. The molecule has 0 saturated carbocycles. The van der Waals surface area contributed by atoms with Crippen LogP contribution in [-0.4, -0.2) is 43.8 Å². The molecule has 0 unspecified atom stereocenters. The number of carbonyl (C=O) groups excluding carboxylic acids is 2. The van der Waals surface area contributed by atoms with Crippen molar-refractivity contribution in [2.75, 3.05) is 10.8 Å². The second-order valence-corrected chi connectivity index (χ2v) is 12.0. The second-order valence-electron chi connectivity index (χ2n) is 8.89. The normalized spacial score (nSPS) is 12.2. The number of nitrogens with zero attached hydrogens (tertiary/aromatic N) is 2. The molecule has 11 heteroatoms. The Balaban J connectivity index is 2.04. The van der Waals surface area contributed by atoms with Gasteiger partial charge in [-0.25, -0.2) is 8.42 Å². The van der Waals surface area contributed by atoms with Crippen molar-refractivity contribution in [1.82, 2.24) is 10.2 Å². The van der Waals surface area contributed by atoms with E-state index in [9.17, 15) is 18.0 Å². The molecule has 1 atom stereocenters. The first kappa shape index (κ1) is 29.8. The van der Waals surface area contributed by atoms with Crippen molar-refractivity contribution >= 4 is 62.3 Å². The van der Waals surface area contributed by atoms with E-state index in [4.69, 9.17) is 34.8 Å². The molecule has 0 radical (unpaired) electrons. The highest BCUT2D eigenvalue weighted by atomic mass is 35.5. The van der Waals surface area contributed by atoms with Crippen LogP contribution in [0.25, 0.3) is 0 Å². The minimum atomic E-state index is -4.19. The van der Waals surface area contributed by atoms with Gasteiger partial charge in [-0.1, -0.05) is 71.2 Å². The zero-order valence-corrected chi connectivity index (χ0v) is 24.2. The van der Waals surface area contributed by atoms with Gasteiger partial charge in [0.2, 0.25) is 11.8 Å². The fraction of sp³-hybridized carbons (Fsp3) is 0.259. The smallest absolute Gasteiger partial charge is 0.264 e. The van der Waals surface area contributed by atoms with E-state index in [-0.39, 0.29) is 34.1 Å². The maximum absolute atomic E-state index is 13.8. The molecule has 3 rings (SSSR count). The van der Waals surface area contributed by atoms with Crippen LogP contribution in [0.2, 0.25) is 15.1 Å². The number of rotatable bonds is 10. The van der Waals surface area contributed by atoms with Crippen LogP contribution in [0.4, 0.5) is 5.69 Å². The van der Waals surface area contributed by atoms with E-state index >= 15 is 0 Å². The first-order valence-electron chi connectivity index (χ1n) is 11.8. The van der Waals surface area contributed by atoms with Crippen LogP contribution < -0.4 is 9.62 Å². The number of halogens is 3. The molecule has 0 aliphatic carbocycles. The molecule has 38 heavy (non-hydrogen) atoms. The van der Waals surface area contributed by atoms with Crippen molar-refractivity contribution in [2.45, 2.75) is 44.3 Å². The minimum Gasteiger partial charge on any atom is -0.352 e. The zero-order valence-electron chi connectivity index (χ0n) is 21.1. The number of para-hydroxylation sites is 1. The highest BCUT2D eigenvalue weighted by molar-refractivity contribution is 7.92. The van der Waals surface area contributed by atoms with Gasteiger partial charge in [0.15, 0.2) is 0 Å². The van der Waals surface area contributed by atoms with E-state index < -0.39 is 28.5 Å². The van der Waals surface area contributed by atoms with Gasteiger partial charge in [0.05, 0.1) is 25.7 Å². The quantitative estimate of drug-likeness (QED) is 0.321. The van der Waals surface area contributed by atoms with Crippen molar-refractivity contribution in [3.05, 3.63) is 93.4 Å². The Morgan fingerprint density at radius 2 is 1.47 bits per heavy atom. The molecule has 0 spiro atoms. The number of sulfonamides is 1. The summed E-state index contributed by atoms with van der Waals surface area (Å²) in [6.07, 6.45) is 0. The van der Waals surface area contributed by atoms with Gasteiger partial charge in [-0.3, -0.25) is 13.9 Å². The molecule has 0 heterocycles. The van der Waals surface area contributed by atoms with Crippen LogP contribution >= 0.6 is 34.8 Å². The van der Waals surface area contributed by atoms with Crippen molar-refractivity contribution in [3.63, 3.8) is 0 Å². The van der Waals surface area contributed by atoms with E-state index in [1.807, 2.05) is 0 Å². The average molecular weight is 597 g/mol. The fourth-order valence-corrected chi connectivity index (χ4v) is 5.77. The van der Waals surface area contributed by atoms with Crippen LogP contribution in [0.15, 0.2) is 77.7 Å². The Morgan fingerprint density at radius 1 is 0.842 bits per heavy atom. The summed E-state index contributed by atoms with van der Waals surface area (Å²) in [4.78, 5) is 28.1. The van der Waals surface area contributed by atoms with Crippen molar-refractivity contribution < 1.29 is 18.0 Å². The average Bonchev–Trinajstić information content (AvgIpc) is 2.88. The number of hydrogen-bond acceptors (Lipinski definition) is 4. The molecule has 0 fully saturated rings. The van der Waals surface area contributed by atoms with Crippen molar-refractivity contribution in [2.24, 2.45) is 0 Å². The summed E-state index contributed by atoms with van der Waals surface area (Å²) in [6, 6.07) is 17.9. The number of carbonyl (C=O) groups is 2.